The maximum atomic E-state index is 6.47. The second-order valence-corrected chi connectivity index (χ2v) is 11.4. The molecule has 0 unspecified atom stereocenters. The molecule has 0 aliphatic carbocycles. The minimum Gasteiger partial charge on any atom is -0.455 e. The number of para-hydroxylation sites is 2. The Morgan fingerprint density at radius 1 is 0.386 bits per heavy atom. The van der Waals surface area contributed by atoms with Gasteiger partial charge < -0.3 is 8.83 Å². The largest absolute Gasteiger partial charge is 0.455 e. The van der Waals surface area contributed by atoms with Gasteiger partial charge in [0.05, 0.1) is 11.2 Å². The molecule has 0 bridgehead atoms. The van der Waals surface area contributed by atoms with E-state index in [0.717, 1.165) is 87.8 Å². The summed E-state index contributed by atoms with van der Waals surface area (Å²) in [6.45, 7) is 0. The molecule has 0 saturated carbocycles. The SMILES string of the molecule is c1ccc2c(c1)ccc1c3ccc(-c4nc(-c5ccc6c(ccc7c8ccccc8oc67)c5)c5ccccc5n4)cc3oc21. The summed E-state index contributed by atoms with van der Waals surface area (Å²) in [5.74, 6) is 0.666. The third-order valence-corrected chi connectivity index (χ3v) is 8.86. The van der Waals surface area contributed by atoms with E-state index in [-0.39, 0.29) is 0 Å². The molecule has 4 heteroatoms. The normalized spacial score (nSPS) is 12.1. The zero-order chi connectivity index (χ0) is 28.8. The van der Waals surface area contributed by atoms with Gasteiger partial charge in [-0.15, -0.1) is 0 Å². The van der Waals surface area contributed by atoms with E-state index in [1.54, 1.807) is 0 Å². The molecule has 4 nitrogen and oxygen atoms in total. The number of benzene rings is 7. The van der Waals surface area contributed by atoms with Crippen LogP contribution in [0.3, 0.4) is 0 Å². The lowest BCUT2D eigenvalue weighted by Crippen LogP contribution is -1.95. The zero-order valence-corrected chi connectivity index (χ0v) is 23.4. The molecule has 0 radical (unpaired) electrons. The van der Waals surface area contributed by atoms with Gasteiger partial charge in [0, 0.05) is 48.8 Å². The maximum Gasteiger partial charge on any atom is 0.160 e. The molecule has 3 aromatic heterocycles. The quantitative estimate of drug-likeness (QED) is 0.210. The standard InChI is InChI=1S/C40H22N2O2/c1-2-8-27-23(7-1)13-19-32-30-18-16-26(22-36(30)44-38(27)32)40-41-34-11-5-3-10-33(34)37(42-40)25-15-17-28-24(21-25)14-20-31-29-9-4-6-12-35(29)43-39(28)31/h1-22H. The number of hydrogen-bond donors (Lipinski definition) is 0. The van der Waals surface area contributed by atoms with Crippen LogP contribution in [0.25, 0.3) is 99.0 Å². The topological polar surface area (TPSA) is 52.1 Å². The Balaban J connectivity index is 1.16. The smallest absolute Gasteiger partial charge is 0.160 e. The molecule has 0 N–H and O–H groups in total. The predicted molar refractivity (Wildman–Crippen MR) is 180 cm³/mol. The highest BCUT2D eigenvalue weighted by Crippen LogP contribution is 2.38. The molecule has 7 aromatic carbocycles. The van der Waals surface area contributed by atoms with Gasteiger partial charge in [-0.2, -0.15) is 0 Å². The first kappa shape index (κ1) is 23.6. The average Bonchev–Trinajstić information content (AvgIpc) is 3.66. The van der Waals surface area contributed by atoms with Gasteiger partial charge in [-0.25, -0.2) is 9.97 Å². The van der Waals surface area contributed by atoms with Gasteiger partial charge >= 0.3 is 0 Å². The second kappa shape index (κ2) is 8.76. The van der Waals surface area contributed by atoms with Crippen molar-refractivity contribution < 1.29 is 8.83 Å². The van der Waals surface area contributed by atoms with Crippen LogP contribution in [0.4, 0.5) is 0 Å². The molecule has 0 aliphatic heterocycles. The molecule has 44 heavy (non-hydrogen) atoms. The van der Waals surface area contributed by atoms with E-state index in [2.05, 4.69) is 109 Å². The Hall–Kier alpha value is -6.00. The van der Waals surface area contributed by atoms with Crippen LogP contribution in [-0.2, 0) is 0 Å². The number of rotatable bonds is 2. The van der Waals surface area contributed by atoms with Gasteiger partial charge in [0.15, 0.2) is 5.82 Å². The van der Waals surface area contributed by atoms with E-state index < -0.39 is 0 Å². The molecule has 3 heterocycles. The molecule has 0 saturated heterocycles. The summed E-state index contributed by atoms with van der Waals surface area (Å²) < 4.78 is 12.8. The summed E-state index contributed by atoms with van der Waals surface area (Å²) in [6, 6.07) is 46.1. The first-order valence-electron chi connectivity index (χ1n) is 14.7. The van der Waals surface area contributed by atoms with Gasteiger partial charge in [0.1, 0.15) is 22.3 Å². The van der Waals surface area contributed by atoms with Crippen LogP contribution < -0.4 is 0 Å². The average molecular weight is 563 g/mol. The van der Waals surface area contributed by atoms with Crippen LogP contribution in [0.15, 0.2) is 142 Å². The van der Waals surface area contributed by atoms with Crippen molar-refractivity contribution in [3.05, 3.63) is 133 Å². The van der Waals surface area contributed by atoms with Gasteiger partial charge in [-0.1, -0.05) is 84.9 Å². The van der Waals surface area contributed by atoms with E-state index in [1.807, 2.05) is 24.3 Å². The molecule has 0 aliphatic rings. The van der Waals surface area contributed by atoms with E-state index in [4.69, 9.17) is 18.8 Å². The van der Waals surface area contributed by atoms with Crippen molar-refractivity contribution in [1.29, 1.82) is 0 Å². The Bertz CT molecular complexity index is 2790. The van der Waals surface area contributed by atoms with Crippen LogP contribution in [0.2, 0.25) is 0 Å². The third kappa shape index (κ3) is 3.33. The van der Waals surface area contributed by atoms with Crippen molar-refractivity contribution >= 4 is 76.3 Å². The Morgan fingerprint density at radius 2 is 1.00 bits per heavy atom. The summed E-state index contributed by atoms with van der Waals surface area (Å²) in [6.07, 6.45) is 0. The fraction of sp³-hybridized carbons (Fsp3) is 0. The Kier molecular flexibility index (Phi) is 4.69. The van der Waals surface area contributed by atoms with Crippen LogP contribution in [0, 0.1) is 0 Å². The lowest BCUT2D eigenvalue weighted by Gasteiger charge is -2.10. The summed E-state index contributed by atoms with van der Waals surface area (Å²) >= 11 is 0. The van der Waals surface area contributed by atoms with Crippen molar-refractivity contribution in [2.45, 2.75) is 0 Å². The van der Waals surface area contributed by atoms with Gasteiger partial charge in [0.2, 0.25) is 0 Å². The van der Waals surface area contributed by atoms with Crippen molar-refractivity contribution in [2.24, 2.45) is 0 Å². The molecule has 0 amide bonds. The van der Waals surface area contributed by atoms with Crippen LogP contribution in [-0.4, -0.2) is 9.97 Å². The molecule has 10 aromatic rings. The van der Waals surface area contributed by atoms with Gasteiger partial charge in [-0.3, -0.25) is 0 Å². The number of hydrogen-bond acceptors (Lipinski definition) is 4. The maximum absolute atomic E-state index is 6.47. The summed E-state index contributed by atoms with van der Waals surface area (Å²) in [7, 11) is 0. The molecule has 0 atom stereocenters. The second-order valence-electron chi connectivity index (χ2n) is 11.4. The number of furan rings is 2. The predicted octanol–water partition coefficient (Wildman–Crippen LogP) is 11.1. The van der Waals surface area contributed by atoms with Crippen molar-refractivity contribution in [3.63, 3.8) is 0 Å². The summed E-state index contributed by atoms with van der Waals surface area (Å²) in [5, 5.41) is 9.94. The molecule has 0 fully saturated rings. The molecule has 0 spiro atoms. The fourth-order valence-electron chi connectivity index (χ4n) is 6.73. The summed E-state index contributed by atoms with van der Waals surface area (Å²) in [5.41, 5.74) is 7.29. The Labute approximate surface area is 250 Å². The fourth-order valence-corrected chi connectivity index (χ4v) is 6.73. The third-order valence-electron chi connectivity index (χ3n) is 8.86. The highest BCUT2D eigenvalue weighted by molar-refractivity contribution is 6.16. The van der Waals surface area contributed by atoms with Crippen molar-refractivity contribution in [1.82, 2.24) is 9.97 Å². The first-order chi connectivity index (χ1) is 21.8. The highest BCUT2D eigenvalue weighted by Gasteiger charge is 2.16. The zero-order valence-electron chi connectivity index (χ0n) is 23.4. The van der Waals surface area contributed by atoms with Crippen molar-refractivity contribution in [3.8, 4) is 22.6 Å². The number of nitrogens with zero attached hydrogens (tertiary/aromatic N) is 2. The van der Waals surface area contributed by atoms with Gasteiger partial charge in [-0.05, 0) is 59.3 Å². The molecular weight excluding hydrogens is 540 g/mol. The monoisotopic (exact) mass is 562 g/mol. The van der Waals surface area contributed by atoms with E-state index in [1.165, 1.54) is 5.39 Å². The lowest BCUT2D eigenvalue weighted by molar-refractivity contribution is 0.672. The van der Waals surface area contributed by atoms with E-state index in [0.29, 0.717) is 5.82 Å². The van der Waals surface area contributed by atoms with Crippen LogP contribution >= 0.6 is 0 Å². The number of aromatic nitrogens is 2. The minimum absolute atomic E-state index is 0.666. The Morgan fingerprint density at radius 3 is 1.89 bits per heavy atom. The molecule has 204 valence electrons. The highest BCUT2D eigenvalue weighted by atomic mass is 16.3. The van der Waals surface area contributed by atoms with Crippen LogP contribution in [0.5, 0.6) is 0 Å². The first-order valence-corrected chi connectivity index (χ1v) is 14.7. The van der Waals surface area contributed by atoms with Crippen molar-refractivity contribution in [2.75, 3.05) is 0 Å². The van der Waals surface area contributed by atoms with E-state index in [9.17, 15) is 0 Å². The number of fused-ring (bicyclic) bond motifs is 11. The summed E-state index contributed by atoms with van der Waals surface area (Å²) in [4.78, 5) is 10.2. The van der Waals surface area contributed by atoms with E-state index >= 15 is 0 Å². The molecule has 10 rings (SSSR count). The van der Waals surface area contributed by atoms with Crippen LogP contribution in [0.1, 0.15) is 0 Å². The minimum atomic E-state index is 0.666. The molecular formula is C40H22N2O2. The lowest BCUT2D eigenvalue weighted by atomic mass is 10.00. The van der Waals surface area contributed by atoms with Gasteiger partial charge in [0.25, 0.3) is 0 Å².